The molecule has 8 nitrogen and oxygen atoms in total. The zero-order valence-corrected chi connectivity index (χ0v) is 8.69. The van der Waals surface area contributed by atoms with Crippen LogP contribution in [-0.4, -0.2) is 39.4 Å². The molecule has 0 rings (SSSR count). The lowest BCUT2D eigenvalue weighted by atomic mass is 10.8. The van der Waals surface area contributed by atoms with Crippen LogP contribution in [0.1, 0.15) is 0 Å². The lowest BCUT2D eigenvalue weighted by molar-refractivity contribution is 0.202. The van der Waals surface area contributed by atoms with Gasteiger partial charge >= 0.3 is 15.4 Å². The van der Waals surface area contributed by atoms with Crippen LogP contribution in [0, 0.1) is 0 Å². The van der Waals surface area contributed by atoms with Crippen LogP contribution in [-0.2, 0) is 13.7 Å². The molecule has 0 aromatic heterocycles. The van der Waals surface area contributed by atoms with Gasteiger partial charge in [-0.2, -0.15) is 0 Å². The van der Waals surface area contributed by atoms with Gasteiger partial charge in [-0.15, -0.1) is 0 Å². The maximum absolute atomic E-state index is 9.81. The molecule has 10 heteroatoms. The van der Waals surface area contributed by atoms with Crippen LogP contribution in [0.4, 0.5) is 0 Å². The van der Waals surface area contributed by atoms with E-state index in [1.807, 2.05) is 0 Å². The lowest BCUT2D eigenvalue weighted by Crippen LogP contribution is -2.06. The molecule has 13 heavy (non-hydrogen) atoms. The third kappa shape index (κ3) is 46.8. The molecule has 0 saturated heterocycles. The molecular weight excluding hydrogens is 224 g/mol. The number of rotatable bonds is 3. The van der Waals surface area contributed by atoms with Crippen LogP contribution in [0.3, 0.4) is 0 Å². The summed E-state index contributed by atoms with van der Waals surface area (Å²) in [5.74, 6) is 0. The lowest BCUT2D eigenvalue weighted by Gasteiger charge is -2.00. The Morgan fingerprint density at radius 1 is 1.23 bits per heavy atom. The zero-order valence-electron chi connectivity index (χ0n) is 6.90. The Morgan fingerprint density at radius 3 is 1.62 bits per heavy atom. The number of hydrogen-bond donors (Lipinski definition) is 5. The quantitative estimate of drug-likeness (QED) is 0.386. The third-order valence-corrected chi connectivity index (χ3v) is 0.896. The Labute approximate surface area is 75.1 Å². The Balaban J connectivity index is 0. The van der Waals surface area contributed by atoms with Gasteiger partial charge in [0, 0.05) is 13.2 Å². The van der Waals surface area contributed by atoms with E-state index in [4.69, 9.17) is 25.3 Å². The molecule has 0 bridgehead atoms. The smallest absolute Gasteiger partial charge is 0.328 e. The minimum Gasteiger partial charge on any atom is -0.328 e. The Hall–Kier alpha value is 0.220. The fourth-order valence-electron chi connectivity index (χ4n) is 0.172. The molecule has 0 aromatic carbocycles. The van der Waals surface area contributed by atoms with Crippen molar-refractivity contribution in [2.45, 2.75) is 0 Å². The molecule has 6 N–H and O–H groups in total. The average molecular weight is 237 g/mol. The molecule has 0 aliphatic rings. The van der Waals surface area contributed by atoms with E-state index >= 15 is 0 Å². The summed E-state index contributed by atoms with van der Waals surface area (Å²) in [5.41, 5.74) is 4.87. The summed E-state index contributed by atoms with van der Waals surface area (Å²) >= 11 is 0. The minimum absolute atomic E-state index is 0.107. The summed E-state index contributed by atoms with van der Waals surface area (Å²) in [7, 11) is -7.90. The molecule has 0 aliphatic heterocycles. The van der Waals surface area contributed by atoms with E-state index in [0.717, 1.165) is 6.66 Å². The van der Waals surface area contributed by atoms with Crippen molar-refractivity contribution < 1.29 is 33.2 Å². The number of phosphoric ester groups is 1. The van der Waals surface area contributed by atoms with Gasteiger partial charge in [-0.25, -0.2) is 4.57 Å². The number of phosphoric acid groups is 1. The van der Waals surface area contributed by atoms with Crippen molar-refractivity contribution in [3.8, 4) is 0 Å². The summed E-state index contributed by atoms with van der Waals surface area (Å²) < 4.78 is 23.1. The molecule has 0 radical (unpaired) electrons. The van der Waals surface area contributed by atoms with Crippen LogP contribution in [0.2, 0.25) is 0 Å². The highest BCUT2D eigenvalue weighted by Crippen LogP contribution is 2.34. The highest BCUT2D eigenvalue weighted by atomic mass is 31.2. The minimum atomic E-state index is -4.26. The highest BCUT2D eigenvalue weighted by Gasteiger charge is 2.11. The molecule has 0 amide bonds. The zero-order chi connectivity index (χ0) is 11.1. The summed E-state index contributed by atoms with van der Waals surface area (Å²) in [6.07, 6.45) is 0. The first kappa shape index (κ1) is 15.7. The second-order valence-corrected chi connectivity index (χ2v) is 4.86. The van der Waals surface area contributed by atoms with Gasteiger partial charge in [-0.1, -0.05) is 0 Å². The van der Waals surface area contributed by atoms with Crippen LogP contribution in [0.5, 0.6) is 0 Å². The molecule has 0 heterocycles. The SMILES string of the molecule is CP(=O)(O)O.NCCOP(=O)(O)O. The maximum atomic E-state index is 9.81. The van der Waals surface area contributed by atoms with Crippen LogP contribution in [0.15, 0.2) is 0 Å². The van der Waals surface area contributed by atoms with Crippen LogP contribution >= 0.6 is 15.4 Å². The topological polar surface area (TPSA) is 150 Å². The molecule has 0 unspecified atom stereocenters. The van der Waals surface area contributed by atoms with E-state index in [0.29, 0.717) is 0 Å². The van der Waals surface area contributed by atoms with Crippen molar-refractivity contribution >= 4 is 15.4 Å². The number of nitrogens with two attached hydrogens (primary N) is 1. The van der Waals surface area contributed by atoms with Gasteiger partial charge in [0.25, 0.3) is 0 Å². The molecule has 0 spiro atoms. The van der Waals surface area contributed by atoms with Crippen LogP contribution < -0.4 is 5.73 Å². The summed E-state index contributed by atoms with van der Waals surface area (Å²) in [4.78, 5) is 31.2. The predicted octanol–water partition coefficient (Wildman–Crippen LogP) is -1.15. The van der Waals surface area contributed by atoms with Gasteiger partial charge in [-0.05, 0) is 0 Å². The van der Waals surface area contributed by atoms with Gasteiger partial charge in [0.05, 0.1) is 6.61 Å². The molecule has 0 saturated carbocycles. The summed E-state index contributed by atoms with van der Waals surface area (Å²) in [6, 6.07) is 0. The van der Waals surface area contributed by atoms with Crippen molar-refractivity contribution in [3.63, 3.8) is 0 Å². The molecular formula is C3H13NO7P2. The summed E-state index contributed by atoms with van der Waals surface area (Å²) in [6.45, 7) is 0.863. The summed E-state index contributed by atoms with van der Waals surface area (Å²) in [5, 5.41) is 0. The molecule has 0 atom stereocenters. The van der Waals surface area contributed by atoms with E-state index in [2.05, 4.69) is 4.52 Å². The standard InChI is InChI=1S/C2H8NO4P.CH5O3P/c3-1-2-7-8(4,5)6;1-5(2,3)4/h1-3H2,(H2,4,5,6);1H3,(H2,2,3,4). The normalized spacial score (nSPS) is 11.8. The van der Waals surface area contributed by atoms with Crippen molar-refractivity contribution in [2.75, 3.05) is 19.8 Å². The number of hydrogen-bond acceptors (Lipinski definition) is 4. The predicted molar refractivity (Wildman–Crippen MR) is 45.0 cm³/mol. The van der Waals surface area contributed by atoms with E-state index in [9.17, 15) is 9.13 Å². The maximum Gasteiger partial charge on any atom is 0.469 e. The van der Waals surface area contributed by atoms with Gasteiger partial charge in [-0.3, -0.25) is 9.09 Å². The molecule has 0 aromatic rings. The Morgan fingerprint density at radius 2 is 1.54 bits per heavy atom. The molecule has 0 fully saturated rings. The third-order valence-electron chi connectivity index (χ3n) is 0.377. The average Bonchev–Trinajstić information content (AvgIpc) is 1.77. The van der Waals surface area contributed by atoms with E-state index in [1.54, 1.807) is 0 Å². The monoisotopic (exact) mass is 237 g/mol. The van der Waals surface area contributed by atoms with Gasteiger partial charge in [0.2, 0.25) is 0 Å². The highest BCUT2D eigenvalue weighted by molar-refractivity contribution is 7.50. The second kappa shape index (κ2) is 6.64. The van der Waals surface area contributed by atoms with E-state index < -0.39 is 15.4 Å². The van der Waals surface area contributed by atoms with E-state index in [1.165, 1.54) is 0 Å². The Bertz CT molecular complexity index is 198. The molecule has 82 valence electrons. The van der Waals surface area contributed by atoms with Gasteiger partial charge < -0.3 is 25.3 Å². The van der Waals surface area contributed by atoms with Crippen molar-refractivity contribution in [2.24, 2.45) is 5.73 Å². The molecule has 0 aliphatic carbocycles. The second-order valence-electron chi connectivity index (χ2n) is 1.95. The fourth-order valence-corrected chi connectivity index (χ4v) is 0.515. The van der Waals surface area contributed by atoms with Gasteiger partial charge in [0.1, 0.15) is 0 Å². The first-order valence-corrected chi connectivity index (χ1v) is 6.58. The first-order chi connectivity index (χ1) is 5.56. The fraction of sp³-hybridized carbons (Fsp3) is 1.00. The largest absolute Gasteiger partial charge is 0.469 e. The van der Waals surface area contributed by atoms with Gasteiger partial charge in [0.15, 0.2) is 0 Å². The van der Waals surface area contributed by atoms with Crippen molar-refractivity contribution in [1.29, 1.82) is 0 Å². The van der Waals surface area contributed by atoms with Crippen molar-refractivity contribution in [3.05, 3.63) is 0 Å². The van der Waals surface area contributed by atoms with Crippen LogP contribution in [0.25, 0.3) is 0 Å². The van der Waals surface area contributed by atoms with Crippen molar-refractivity contribution in [1.82, 2.24) is 0 Å². The first-order valence-electron chi connectivity index (χ1n) is 2.99. The van der Waals surface area contributed by atoms with E-state index in [-0.39, 0.29) is 13.2 Å². The Kier molecular flexibility index (Phi) is 8.01.